The van der Waals surface area contributed by atoms with Gasteiger partial charge in [-0.05, 0) is 54.0 Å². The number of hydrogen-bond acceptors (Lipinski definition) is 1. The van der Waals surface area contributed by atoms with Gasteiger partial charge in [0.15, 0.2) is 0 Å². The first-order chi connectivity index (χ1) is 9.29. The van der Waals surface area contributed by atoms with Gasteiger partial charge in [-0.3, -0.25) is 0 Å². The van der Waals surface area contributed by atoms with Crippen molar-refractivity contribution < 1.29 is 0 Å². The van der Waals surface area contributed by atoms with E-state index < -0.39 is 0 Å². The lowest BCUT2D eigenvalue weighted by Gasteiger charge is -2.42. The van der Waals surface area contributed by atoms with Gasteiger partial charge in [0.05, 0.1) is 0 Å². The molecule has 1 aromatic rings. The molecule has 110 valence electrons. The quantitative estimate of drug-likeness (QED) is 0.675. The molecule has 0 amide bonds. The van der Waals surface area contributed by atoms with E-state index >= 15 is 0 Å². The van der Waals surface area contributed by atoms with Crippen molar-refractivity contribution in [3.63, 3.8) is 0 Å². The molecule has 1 aliphatic heterocycles. The maximum Gasteiger partial charge on any atom is 0.0234 e. The van der Waals surface area contributed by atoms with E-state index in [1.807, 2.05) is 0 Å². The molecule has 1 nitrogen and oxygen atoms in total. The molecule has 1 heterocycles. The lowest BCUT2D eigenvalue weighted by atomic mass is 9.71. The Labute approximate surface area is 124 Å². The first-order valence-electron chi connectivity index (χ1n) is 8.15. The van der Waals surface area contributed by atoms with E-state index in [0.29, 0.717) is 5.41 Å². The van der Waals surface area contributed by atoms with E-state index in [4.69, 9.17) is 0 Å². The number of nitrogens with zero attached hydrogens (tertiary/aromatic N) is 1. The van der Waals surface area contributed by atoms with Gasteiger partial charge in [-0.1, -0.05) is 46.2 Å². The van der Waals surface area contributed by atoms with Crippen LogP contribution in [0.3, 0.4) is 0 Å². The average molecular weight is 271 g/mol. The van der Waals surface area contributed by atoms with Crippen LogP contribution < -0.4 is 0 Å². The number of aryl methyl sites for hydroxylation is 1. The molecule has 1 aliphatic carbocycles. The second kappa shape index (κ2) is 4.59. The summed E-state index contributed by atoms with van der Waals surface area (Å²) in [5, 5.41) is 0. The molecule has 3 rings (SSSR count). The van der Waals surface area contributed by atoms with Crippen molar-refractivity contribution in [3.05, 3.63) is 34.4 Å². The van der Waals surface area contributed by atoms with Crippen molar-refractivity contribution in [2.75, 3.05) is 13.6 Å². The highest BCUT2D eigenvalue weighted by Crippen LogP contribution is 2.43. The lowest BCUT2D eigenvalue weighted by Crippen LogP contribution is -2.42. The van der Waals surface area contributed by atoms with Crippen LogP contribution in [0.2, 0.25) is 0 Å². The summed E-state index contributed by atoms with van der Waals surface area (Å²) >= 11 is 0. The van der Waals surface area contributed by atoms with Crippen LogP contribution in [0.25, 0.3) is 0 Å². The Balaban J connectivity index is 2.21. The molecule has 0 aromatic heterocycles. The van der Waals surface area contributed by atoms with Crippen molar-refractivity contribution in [1.82, 2.24) is 4.90 Å². The largest absolute Gasteiger partial charge is 0.301 e. The Hall–Kier alpha value is -0.820. The predicted molar refractivity (Wildman–Crippen MR) is 86.4 cm³/mol. The molecular weight excluding hydrogens is 242 g/mol. The van der Waals surface area contributed by atoms with Crippen LogP contribution >= 0.6 is 0 Å². The molecule has 0 unspecified atom stereocenters. The second-order valence-electron chi connectivity index (χ2n) is 8.36. The van der Waals surface area contributed by atoms with E-state index in [-0.39, 0.29) is 5.41 Å². The molecule has 0 saturated carbocycles. The van der Waals surface area contributed by atoms with Gasteiger partial charge in [0, 0.05) is 18.5 Å². The van der Waals surface area contributed by atoms with Gasteiger partial charge >= 0.3 is 0 Å². The summed E-state index contributed by atoms with van der Waals surface area (Å²) in [6.45, 7) is 11.9. The van der Waals surface area contributed by atoms with E-state index in [2.05, 4.69) is 51.8 Å². The molecule has 20 heavy (non-hydrogen) atoms. The minimum atomic E-state index is 0.254. The second-order valence-corrected chi connectivity index (χ2v) is 8.36. The van der Waals surface area contributed by atoms with Crippen molar-refractivity contribution in [2.24, 2.45) is 0 Å². The van der Waals surface area contributed by atoms with Gasteiger partial charge in [-0.15, -0.1) is 0 Å². The minimum absolute atomic E-state index is 0.254. The fourth-order valence-electron chi connectivity index (χ4n) is 4.35. The van der Waals surface area contributed by atoms with Crippen molar-refractivity contribution in [2.45, 2.75) is 70.8 Å². The minimum Gasteiger partial charge on any atom is -0.301 e. The van der Waals surface area contributed by atoms with E-state index in [1.165, 1.54) is 37.8 Å². The molecule has 0 N–H and O–H groups in total. The Morgan fingerprint density at radius 1 is 1.10 bits per heavy atom. The highest BCUT2D eigenvalue weighted by Gasteiger charge is 2.37. The molecular formula is C19H29N. The van der Waals surface area contributed by atoms with Gasteiger partial charge in [0.1, 0.15) is 0 Å². The summed E-state index contributed by atoms with van der Waals surface area (Å²) in [7, 11) is 2.28. The Bertz CT molecular complexity index is 523. The molecule has 0 saturated heterocycles. The van der Waals surface area contributed by atoms with E-state index in [9.17, 15) is 0 Å². The zero-order chi connectivity index (χ0) is 14.5. The summed E-state index contributed by atoms with van der Waals surface area (Å²) < 4.78 is 0. The molecule has 1 aromatic carbocycles. The van der Waals surface area contributed by atoms with Crippen molar-refractivity contribution >= 4 is 0 Å². The highest BCUT2D eigenvalue weighted by molar-refractivity contribution is 5.48. The van der Waals surface area contributed by atoms with E-state index in [0.717, 1.165) is 6.54 Å². The normalized spacial score (nSPS) is 27.1. The van der Waals surface area contributed by atoms with Crippen LogP contribution in [-0.4, -0.2) is 18.5 Å². The SMILES string of the molecule is CN1Cc2cc(C(C)(C)C)cc3c2[C@@](C)(CCCC3)C1. The van der Waals surface area contributed by atoms with Gasteiger partial charge < -0.3 is 4.90 Å². The summed E-state index contributed by atoms with van der Waals surface area (Å²) in [4.78, 5) is 2.52. The topological polar surface area (TPSA) is 3.24 Å². The third kappa shape index (κ3) is 2.30. The van der Waals surface area contributed by atoms with Crippen LogP contribution in [0, 0.1) is 0 Å². The highest BCUT2D eigenvalue weighted by atomic mass is 15.1. The molecule has 2 aliphatic rings. The average Bonchev–Trinajstić information content (AvgIpc) is 2.47. The van der Waals surface area contributed by atoms with Gasteiger partial charge in [0.25, 0.3) is 0 Å². The van der Waals surface area contributed by atoms with Gasteiger partial charge in [-0.2, -0.15) is 0 Å². The zero-order valence-corrected chi connectivity index (χ0v) is 13.8. The predicted octanol–water partition coefficient (Wildman–Crippen LogP) is 4.41. The van der Waals surface area contributed by atoms with Crippen molar-refractivity contribution in [1.29, 1.82) is 0 Å². The van der Waals surface area contributed by atoms with Gasteiger partial charge in [0.2, 0.25) is 0 Å². The summed E-state index contributed by atoms with van der Waals surface area (Å²) in [5.74, 6) is 0. The maximum absolute atomic E-state index is 2.52. The molecule has 0 radical (unpaired) electrons. The number of benzene rings is 1. The monoisotopic (exact) mass is 271 g/mol. The molecule has 0 spiro atoms. The van der Waals surface area contributed by atoms with Crippen LogP contribution in [0.5, 0.6) is 0 Å². The van der Waals surface area contributed by atoms with Crippen LogP contribution in [0.1, 0.15) is 69.2 Å². The fraction of sp³-hybridized carbons (Fsp3) is 0.684. The number of hydrogen-bond donors (Lipinski definition) is 0. The third-order valence-corrected chi connectivity index (χ3v) is 5.26. The van der Waals surface area contributed by atoms with Crippen LogP contribution in [0.4, 0.5) is 0 Å². The first kappa shape index (κ1) is 14.1. The fourth-order valence-corrected chi connectivity index (χ4v) is 4.35. The number of likely N-dealkylation sites (N-methyl/N-ethyl adjacent to an activating group) is 1. The molecule has 1 atom stereocenters. The summed E-state index contributed by atoms with van der Waals surface area (Å²) in [6, 6.07) is 5.02. The molecule has 0 bridgehead atoms. The molecule has 0 fully saturated rings. The van der Waals surface area contributed by atoms with E-state index in [1.54, 1.807) is 16.7 Å². The summed E-state index contributed by atoms with van der Waals surface area (Å²) in [6.07, 6.45) is 5.38. The zero-order valence-electron chi connectivity index (χ0n) is 13.8. The Kier molecular flexibility index (Phi) is 3.25. The van der Waals surface area contributed by atoms with Crippen LogP contribution in [-0.2, 0) is 23.8 Å². The molecule has 1 heteroatoms. The Morgan fingerprint density at radius 3 is 2.50 bits per heavy atom. The third-order valence-electron chi connectivity index (χ3n) is 5.26. The van der Waals surface area contributed by atoms with Gasteiger partial charge in [-0.25, -0.2) is 0 Å². The first-order valence-corrected chi connectivity index (χ1v) is 8.15. The van der Waals surface area contributed by atoms with Crippen molar-refractivity contribution in [3.8, 4) is 0 Å². The standard InChI is InChI=1S/C19H29N/c1-18(2,3)16-10-14-8-6-7-9-19(4)13-20(5)12-15(11-16)17(14)19/h10-11H,6-9,12-13H2,1-5H3/t19-/m0/s1. The maximum atomic E-state index is 2.52. The van der Waals surface area contributed by atoms with Crippen LogP contribution in [0.15, 0.2) is 12.1 Å². The number of rotatable bonds is 0. The Morgan fingerprint density at radius 2 is 1.80 bits per heavy atom. The smallest absolute Gasteiger partial charge is 0.0234 e. The summed E-state index contributed by atoms with van der Waals surface area (Å²) in [5.41, 5.74) is 7.12. The lowest BCUT2D eigenvalue weighted by molar-refractivity contribution is 0.213.